The minimum absolute atomic E-state index is 0.0183. The van der Waals surface area contributed by atoms with Crippen molar-refractivity contribution >= 4 is 41.5 Å². The third kappa shape index (κ3) is 11.1. The Hall–Kier alpha value is -4.69. The number of nitrogens with one attached hydrogen (secondary N) is 7. The summed E-state index contributed by atoms with van der Waals surface area (Å²) >= 11 is 0. The number of guanidine groups is 1. The highest BCUT2D eigenvalue weighted by atomic mass is 16.4. The van der Waals surface area contributed by atoms with Gasteiger partial charge in [-0.05, 0) is 24.3 Å². The van der Waals surface area contributed by atoms with Gasteiger partial charge < -0.3 is 42.7 Å². The maximum absolute atomic E-state index is 13.4. The van der Waals surface area contributed by atoms with Crippen LogP contribution in [0, 0.1) is 11.3 Å². The van der Waals surface area contributed by atoms with Crippen molar-refractivity contribution in [1.29, 1.82) is 5.41 Å². The molecule has 1 aliphatic heterocycles. The Morgan fingerprint density at radius 1 is 0.951 bits per heavy atom. The number of carbonyl (C=O) groups is 6. The van der Waals surface area contributed by atoms with Gasteiger partial charge in [-0.3, -0.25) is 34.2 Å². The number of carboxylic acid groups (broad SMARTS) is 1. The number of aliphatic carboxylic acids is 1. The molecule has 1 aromatic rings. The Balaban J connectivity index is 2.41. The highest BCUT2D eigenvalue weighted by molar-refractivity contribution is 5.98. The summed E-state index contributed by atoms with van der Waals surface area (Å²) in [5.74, 6) is -5.88. The first kappa shape index (κ1) is 32.5. The third-order valence-corrected chi connectivity index (χ3v) is 6.23. The van der Waals surface area contributed by atoms with Gasteiger partial charge in [0.25, 0.3) is 0 Å². The van der Waals surface area contributed by atoms with Crippen molar-refractivity contribution in [2.45, 2.75) is 63.7 Å². The van der Waals surface area contributed by atoms with Crippen LogP contribution in [0.1, 0.15) is 38.7 Å². The number of hydrogen-bond acceptors (Lipinski definition) is 7. The molecule has 2 rings (SSSR count). The van der Waals surface area contributed by atoms with E-state index in [1.807, 2.05) is 0 Å². The number of rotatable bonds is 9. The Morgan fingerprint density at radius 3 is 2.20 bits per heavy atom. The van der Waals surface area contributed by atoms with E-state index in [9.17, 15) is 33.9 Å². The third-order valence-electron chi connectivity index (χ3n) is 6.23. The van der Waals surface area contributed by atoms with E-state index in [-0.39, 0.29) is 25.3 Å². The molecule has 5 amide bonds. The molecule has 224 valence electrons. The molecule has 1 aromatic carbocycles. The van der Waals surface area contributed by atoms with Gasteiger partial charge >= 0.3 is 5.97 Å². The van der Waals surface area contributed by atoms with E-state index >= 15 is 0 Å². The molecule has 0 spiro atoms. The first-order chi connectivity index (χ1) is 19.4. The van der Waals surface area contributed by atoms with Crippen LogP contribution in [0.4, 0.5) is 0 Å². The summed E-state index contributed by atoms with van der Waals surface area (Å²) in [6.45, 7) is 3.03. The van der Waals surface area contributed by atoms with Gasteiger partial charge in [-0.25, -0.2) is 0 Å². The number of benzene rings is 1. The molecule has 0 radical (unpaired) electrons. The van der Waals surface area contributed by atoms with Gasteiger partial charge in [-0.2, -0.15) is 0 Å². The largest absolute Gasteiger partial charge is 0.481 e. The molecular formula is C26H38N8O7. The summed E-state index contributed by atoms with van der Waals surface area (Å²) in [5.41, 5.74) is 5.97. The van der Waals surface area contributed by atoms with Gasteiger partial charge in [0.1, 0.15) is 24.2 Å². The van der Waals surface area contributed by atoms with E-state index < -0.39 is 78.6 Å². The van der Waals surface area contributed by atoms with Crippen molar-refractivity contribution in [2.75, 3.05) is 13.1 Å². The number of carboxylic acids is 1. The molecule has 0 aromatic heterocycles. The Morgan fingerprint density at radius 2 is 1.59 bits per heavy atom. The van der Waals surface area contributed by atoms with Crippen LogP contribution in [0.15, 0.2) is 30.3 Å². The first-order valence-corrected chi connectivity index (χ1v) is 13.2. The zero-order chi connectivity index (χ0) is 30.5. The van der Waals surface area contributed by atoms with E-state index in [0.717, 1.165) is 0 Å². The molecule has 1 fully saturated rings. The van der Waals surface area contributed by atoms with Crippen LogP contribution in [-0.2, 0) is 35.2 Å². The molecule has 10 N–H and O–H groups in total. The quantitative estimate of drug-likeness (QED) is 0.0872. The fraction of sp³-hybridized carbons (Fsp3) is 0.500. The Labute approximate surface area is 237 Å². The second-order valence-electron chi connectivity index (χ2n) is 9.96. The molecule has 15 nitrogen and oxygen atoms in total. The molecule has 1 aliphatic rings. The molecule has 41 heavy (non-hydrogen) atoms. The maximum atomic E-state index is 13.4. The predicted molar refractivity (Wildman–Crippen MR) is 147 cm³/mol. The predicted octanol–water partition coefficient (Wildman–Crippen LogP) is -2.31. The van der Waals surface area contributed by atoms with Crippen LogP contribution in [0.2, 0.25) is 0 Å². The zero-order valence-electron chi connectivity index (χ0n) is 23.0. The molecule has 1 heterocycles. The van der Waals surface area contributed by atoms with Gasteiger partial charge in [0.15, 0.2) is 5.96 Å². The average molecular weight is 575 g/mol. The highest BCUT2D eigenvalue weighted by Gasteiger charge is 2.34. The molecule has 4 atom stereocenters. The van der Waals surface area contributed by atoms with Gasteiger partial charge in [0.2, 0.25) is 29.5 Å². The summed E-state index contributed by atoms with van der Waals surface area (Å²) in [4.78, 5) is 76.8. The Bertz CT molecular complexity index is 1130. The SMILES string of the molecule is CC(C)[C@H]1NC(=O)C(Cc2ccccc2)NC(=O)[C@H](CC(=O)O)NC(=O)CNC(=O)[C@H](CCCNC(=N)N)NC1=O. The lowest BCUT2D eigenvalue weighted by atomic mass is 10.00. The van der Waals surface area contributed by atoms with Crippen LogP contribution < -0.4 is 37.6 Å². The van der Waals surface area contributed by atoms with Crippen LogP contribution >= 0.6 is 0 Å². The molecule has 0 saturated carbocycles. The highest BCUT2D eigenvalue weighted by Crippen LogP contribution is 2.09. The minimum Gasteiger partial charge on any atom is -0.481 e. The lowest BCUT2D eigenvalue weighted by Gasteiger charge is -2.27. The van der Waals surface area contributed by atoms with E-state index in [1.54, 1.807) is 44.2 Å². The van der Waals surface area contributed by atoms with Gasteiger partial charge in [0.05, 0.1) is 13.0 Å². The summed E-state index contributed by atoms with van der Waals surface area (Å²) in [7, 11) is 0. The molecule has 0 aliphatic carbocycles. The Kier molecular flexibility index (Phi) is 12.5. The number of hydrogen-bond donors (Lipinski definition) is 9. The molecule has 1 unspecified atom stereocenters. The van der Waals surface area contributed by atoms with Crippen molar-refractivity contribution in [3.8, 4) is 0 Å². The second-order valence-corrected chi connectivity index (χ2v) is 9.96. The second kappa shape index (κ2) is 15.8. The monoisotopic (exact) mass is 574 g/mol. The molecule has 1 saturated heterocycles. The first-order valence-electron chi connectivity index (χ1n) is 13.2. The van der Waals surface area contributed by atoms with Gasteiger partial charge in [0, 0.05) is 13.0 Å². The molecular weight excluding hydrogens is 536 g/mol. The molecule has 15 heteroatoms. The van der Waals surface area contributed by atoms with Gasteiger partial charge in [-0.1, -0.05) is 44.2 Å². The summed E-state index contributed by atoms with van der Waals surface area (Å²) in [6.07, 6.45) is -0.326. The van der Waals surface area contributed by atoms with E-state index in [1.165, 1.54) is 0 Å². The average Bonchev–Trinajstić information content (AvgIpc) is 2.90. The van der Waals surface area contributed by atoms with Crippen molar-refractivity contribution in [3.63, 3.8) is 0 Å². The lowest BCUT2D eigenvalue weighted by molar-refractivity contribution is -0.141. The standard InChI is InChI=1S/C26H38N8O7/c1-14(2)21-25(41)32-16(9-6-10-29-26(27)28)22(38)30-13-19(35)31-18(12-20(36)37)23(39)33-17(24(40)34-21)11-15-7-4-3-5-8-15/h3-5,7-8,14,16-18,21H,6,9-13H2,1-2H3,(H,30,38)(H,31,35)(H,32,41)(H,33,39)(H,34,40)(H,36,37)(H4,27,28,29)/t16-,17?,18-,21+/m0/s1. The molecule has 0 bridgehead atoms. The van der Waals surface area contributed by atoms with Crippen LogP contribution in [0.25, 0.3) is 0 Å². The van der Waals surface area contributed by atoms with Crippen LogP contribution in [0.3, 0.4) is 0 Å². The number of carbonyl (C=O) groups excluding carboxylic acids is 5. The summed E-state index contributed by atoms with van der Waals surface area (Å²) in [5, 5.41) is 31.6. The summed E-state index contributed by atoms with van der Waals surface area (Å²) in [6, 6.07) is 3.78. The maximum Gasteiger partial charge on any atom is 0.305 e. The fourth-order valence-corrected chi connectivity index (χ4v) is 4.10. The topological polar surface area (TPSA) is 245 Å². The minimum atomic E-state index is -1.54. The van der Waals surface area contributed by atoms with Crippen molar-refractivity contribution in [3.05, 3.63) is 35.9 Å². The van der Waals surface area contributed by atoms with E-state index in [0.29, 0.717) is 12.0 Å². The van der Waals surface area contributed by atoms with Gasteiger partial charge in [-0.15, -0.1) is 0 Å². The smallest absolute Gasteiger partial charge is 0.305 e. The fourth-order valence-electron chi connectivity index (χ4n) is 4.10. The van der Waals surface area contributed by atoms with Crippen molar-refractivity contribution < 1.29 is 33.9 Å². The number of amides is 5. The van der Waals surface area contributed by atoms with Crippen LogP contribution in [0.5, 0.6) is 0 Å². The lowest BCUT2D eigenvalue weighted by Crippen LogP contribution is -2.59. The normalized spacial score (nSPS) is 22.7. The summed E-state index contributed by atoms with van der Waals surface area (Å²) < 4.78 is 0. The van der Waals surface area contributed by atoms with Crippen LogP contribution in [-0.4, -0.2) is 83.8 Å². The number of nitrogens with two attached hydrogens (primary N) is 1. The van der Waals surface area contributed by atoms with Crippen molar-refractivity contribution in [2.24, 2.45) is 11.7 Å². The van der Waals surface area contributed by atoms with E-state index in [2.05, 4.69) is 31.9 Å². The van der Waals surface area contributed by atoms with E-state index in [4.69, 9.17) is 11.1 Å². The zero-order valence-corrected chi connectivity index (χ0v) is 23.0. The van der Waals surface area contributed by atoms with Crippen molar-refractivity contribution in [1.82, 2.24) is 31.9 Å².